The number of ether oxygens (including phenoxy) is 3. The van der Waals surface area contributed by atoms with E-state index < -0.39 is 0 Å². The molecule has 0 spiro atoms. The number of anilines is 1. The largest absolute Gasteiger partial charge is 0.490 e. The summed E-state index contributed by atoms with van der Waals surface area (Å²) < 4.78 is 16.8. The normalized spacial score (nSPS) is 21.8. The zero-order valence-corrected chi connectivity index (χ0v) is 19.3. The molecule has 0 bridgehead atoms. The third-order valence-electron chi connectivity index (χ3n) is 6.19. The van der Waals surface area contributed by atoms with Crippen LogP contribution >= 0.6 is 0 Å². The van der Waals surface area contributed by atoms with E-state index in [0.29, 0.717) is 36.4 Å². The lowest BCUT2D eigenvalue weighted by atomic mass is 9.94. The van der Waals surface area contributed by atoms with Crippen molar-refractivity contribution in [3.63, 3.8) is 0 Å². The number of urea groups is 1. The Bertz CT molecular complexity index is 1040. The van der Waals surface area contributed by atoms with Crippen molar-refractivity contribution in [3.8, 4) is 5.75 Å². The standard InChI is InChI=1S/C25H29N3O6/c1-28-20-10-9-18(13-23(29)32-2)34-22(20)15-33-21-11-8-17(12-19(21)24(28)30)27-25(31)26-14-16-6-4-3-5-7-16/h3-8,11-12,18,20,22H,9-10,13-15H2,1-2H3,(H2,26,27,31)/t18-,20-,22+/m1/s1. The van der Waals surface area contributed by atoms with Gasteiger partial charge in [0.25, 0.3) is 5.91 Å². The summed E-state index contributed by atoms with van der Waals surface area (Å²) in [6.07, 6.45) is 0.888. The lowest BCUT2D eigenvalue weighted by molar-refractivity contribution is -0.151. The highest BCUT2D eigenvalue weighted by atomic mass is 16.5. The van der Waals surface area contributed by atoms with Gasteiger partial charge in [-0.15, -0.1) is 0 Å². The highest BCUT2D eigenvalue weighted by Gasteiger charge is 2.39. The molecule has 3 amide bonds. The number of hydrogen-bond donors (Lipinski definition) is 2. The van der Waals surface area contributed by atoms with E-state index in [0.717, 1.165) is 5.56 Å². The molecule has 2 heterocycles. The molecular weight excluding hydrogens is 438 g/mol. The van der Waals surface area contributed by atoms with Crippen LogP contribution in [0, 0.1) is 0 Å². The average molecular weight is 468 g/mol. The van der Waals surface area contributed by atoms with Crippen LogP contribution in [-0.2, 0) is 20.8 Å². The molecule has 2 aromatic carbocycles. The fourth-order valence-electron chi connectivity index (χ4n) is 4.33. The summed E-state index contributed by atoms with van der Waals surface area (Å²) >= 11 is 0. The van der Waals surface area contributed by atoms with Gasteiger partial charge < -0.3 is 29.7 Å². The molecule has 2 aromatic rings. The van der Waals surface area contributed by atoms with Gasteiger partial charge in [0.2, 0.25) is 0 Å². The Balaban J connectivity index is 1.43. The van der Waals surface area contributed by atoms with Crippen molar-refractivity contribution in [3.05, 3.63) is 59.7 Å². The second kappa shape index (κ2) is 10.6. The fourth-order valence-corrected chi connectivity index (χ4v) is 4.33. The minimum Gasteiger partial charge on any atom is -0.490 e. The van der Waals surface area contributed by atoms with E-state index >= 15 is 0 Å². The van der Waals surface area contributed by atoms with Gasteiger partial charge >= 0.3 is 12.0 Å². The first-order chi connectivity index (χ1) is 16.4. The van der Waals surface area contributed by atoms with Crippen molar-refractivity contribution in [1.29, 1.82) is 0 Å². The first kappa shape index (κ1) is 23.6. The highest BCUT2D eigenvalue weighted by molar-refractivity contribution is 5.99. The van der Waals surface area contributed by atoms with E-state index in [-0.39, 0.29) is 49.2 Å². The monoisotopic (exact) mass is 467 g/mol. The smallest absolute Gasteiger partial charge is 0.319 e. The lowest BCUT2D eigenvalue weighted by Crippen LogP contribution is -2.53. The van der Waals surface area contributed by atoms with Crippen LogP contribution in [0.25, 0.3) is 0 Å². The van der Waals surface area contributed by atoms with E-state index in [9.17, 15) is 14.4 Å². The zero-order valence-electron chi connectivity index (χ0n) is 19.3. The Hall–Kier alpha value is -3.59. The number of likely N-dealkylation sites (N-methyl/N-ethyl adjacent to an activating group) is 1. The number of hydrogen-bond acceptors (Lipinski definition) is 6. The second-order valence-corrected chi connectivity index (χ2v) is 8.45. The molecule has 0 aromatic heterocycles. The molecule has 180 valence electrons. The van der Waals surface area contributed by atoms with Crippen LogP contribution in [0.2, 0.25) is 0 Å². The van der Waals surface area contributed by atoms with Crippen LogP contribution in [-0.4, -0.2) is 61.8 Å². The molecule has 2 N–H and O–H groups in total. The van der Waals surface area contributed by atoms with Gasteiger partial charge in [0.05, 0.1) is 31.2 Å². The van der Waals surface area contributed by atoms with Crippen LogP contribution in [0.15, 0.2) is 48.5 Å². The molecule has 3 atom stereocenters. The first-order valence-corrected chi connectivity index (χ1v) is 11.3. The molecule has 0 aliphatic carbocycles. The number of fused-ring (bicyclic) bond motifs is 2. The highest BCUT2D eigenvalue weighted by Crippen LogP contribution is 2.32. The van der Waals surface area contributed by atoms with Crippen molar-refractivity contribution in [2.75, 3.05) is 26.1 Å². The minimum atomic E-state index is -0.367. The number of benzene rings is 2. The molecule has 4 rings (SSSR count). The number of carbonyl (C=O) groups is 3. The van der Waals surface area contributed by atoms with Gasteiger partial charge in [-0.2, -0.15) is 0 Å². The lowest BCUT2D eigenvalue weighted by Gasteiger charge is -2.42. The van der Waals surface area contributed by atoms with Crippen LogP contribution in [0.4, 0.5) is 10.5 Å². The number of esters is 1. The maximum atomic E-state index is 13.3. The van der Waals surface area contributed by atoms with E-state index in [2.05, 4.69) is 10.6 Å². The summed E-state index contributed by atoms with van der Waals surface area (Å²) in [5, 5.41) is 5.58. The molecule has 0 radical (unpaired) electrons. The summed E-state index contributed by atoms with van der Waals surface area (Å²) in [6.45, 7) is 0.639. The van der Waals surface area contributed by atoms with E-state index in [1.807, 2.05) is 30.3 Å². The third-order valence-corrected chi connectivity index (χ3v) is 6.19. The Morgan fingerprint density at radius 3 is 2.71 bits per heavy atom. The molecule has 34 heavy (non-hydrogen) atoms. The van der Waals surface area contributed by atoms with Gasteiger partial charge in [-0.05, 0) is 36.6 Å². The van der Waals surface area contributed by atoms with Crippen LogP contribution < -0.4 is 15.4 Å². The van der Waals surface area contributed by atoms with Crippen molar-refractivity contribution >= 4 is 23.6 Å². The van der Waals surface area contributed by atoms with Crippen LogP contribution in [0.1, 0.15) is 35.2 Å². The average Bonchev–Trinajstić information content (AvgIpc) is 2.86. The predicted molar refractivity (Wildman–Crippen MR) is 125 cm³/mol. The zero-order chi connectivity index (χ0) is 24.1. The van der Waals surface area contributed by atoms with Crippen LogP contribution in [0.5, 0.6) is 5.75 Å². The third kappa shape index (κ3) is 5.48. The van der Waals surface area contributed by atoms with Gasteiger partial charge in [0, 0.05) is 19.3 Å². The van der Waals surface area contributed by atoms with Crippen molar-refractivity contribution < 1.29 is 28.6 Å². The molecule has 0 unspecified atom stereocenters. The molecule has 2 aliphatic rings. The Labute approximate surface area is 198 Å². The number of carbonyl (C=O) groups excluding carboxylic acids is 3. The first-order valence-electron chi connectivity index (χ1n) is 11.3. The molecule has 9 heteroatoms. The number of rotatable bonds is 5. The summed E-state index contributed by atoms with van der Waals surface area (Å²) in [4.78, 5) is 38.9. The number of nitrogens with one attached hydrogen (secondary N) is 2. The van der Waals surface area contributed by atoms with E-state index in [1.165, 1.54) is 7.11 Å². The topological polar surface area (TPSA) is 106 Å². The summed E-state index contributed by atoms with van der Waals surface area (Å²) in [5.74, 6) is -0.116. The predicted octanol–water partition coefficient (Wildman–Crippen LogP) is 2.95. The Morgan fingerprint density at radius 1 is 1.15 bits per heavy atom. The fraction of sp³-hybridized carbons (Fsp3) is 0.400. The van der Waals surface area contributed by atoms with Crippen molar-refractivity contribution in [2.45, 2.75) is 44.1 Å². The maximum Gasteiger partial charge on any atom is 0.319 e. The SMILES string of the molecule is COC(=O)C[C@H]1CC[C@@H]2[C@H](COc3ccc(NC(=O)NCc4ccccc4)cc3C(=O)N2C)O1. The molecule has 9 nitrogen and oxygen atoms in total. The van der Waals surface area contributed by atoms with Crippen molar-refractivity contribution in [1.82, 2.24) is 10.2 Å². The maximum absolute atomic E-state index is 13.3. The second-order valence-electron chi connectivity index (χ2n) is 8.45. The van der Waals surface area contributed by atoms with Gasteiger partial charge in [0.15, 0.2) is 0 Å². The van der Waals surface area contributed by atoms with E-state index in [1.54, 1.807) is 30.1 Å². The summed E-state index contributed by atoms with van der Waals surface area (Å²) in [7, 11) is 3.10. The minimum absolute atomic E-state index is 0.176. The number of methoxy groups -OCH3 is 1. The quantitative estimate of drug-likeness (QED) is 0.655. The Morgan fingerprint density at radius 2 is 1.94 bits per heavy atom. The number of nitrogens with zero attached hydrogens (tertiary/aromatic N) is 1. The van der Waals surface area contributed by atoms with Gasteiger partial charge in [-0.25, -0.2) is 4.79 Å². The Kier molecular flexibility index (Phi) is 7.32. The molecule has 1 saturated heterocycles. The molecular formula is C25H29N3O6. The van der Waals surface area contributed by atoms with Crippen molar-refractivity contribution in [2.24, 2.45) is 0 Å². The van der Waals surface area contributed by atoms with Gasteiger partial charge in [0.1, 0.15) is 18.5 Å². The molecule has 2 aliphatic heterocycles. The van der Waals surface area contributed by atoms with Gasteiger partial charge in [-0.1, -0.05) is 30.3 Å². The van der Waals surface area contributed by atoms with Crippen LogP contribution in [0.3, 0.4) is 0 Å². The molecule has 1 fully saturated rings. The van der Waals surface area contributed by atoms with E-state index in [4.69, 9.17) is 14.2 Å². The van der Waals surface area contributed by atoms with Gasteiger partial charge in [-0.3, -0.25) is 9.59 Å². The summed E-state index contributed by atoms with van der Waals surface area (Å²) in [6, 6.07) is 14.0. The number of amides is 3. The molecule has 0 saturated carbocycles. The summed E-state index contributed by atoms with van der Waals surface area (Å²) in [5.41, 5.74) is 1.85.